The molecule has 0 aromatic heterocycles. The topological polar surface area (TPSA) is 27.7 Å². The van der Waals surface area contributed by atoms with Crippen LogP contribution >= 0.6 is 0 Å². The maximum atomic E-state index is 6.44. The molecule has 0 amide bonds. The minimum Gasteiger partial charge on any atom is -0.380 e. The molecule has 0 saturated carbocycles. The molecule has 3 heteroatoms. The van der Waals surface area contributed by atoms with Crippen molar-refractivity contribution in [3.8, 4) is 0 Å². The third-order valence-electron chi connectivity index (χ3n) is 5.60. The Bertz CT molecular complexity index is 527. The van der Waals surface area contributed by atoms with Gasteiger partial charge in [-0.3, -0.25) is 0 Å². The highest BCUT2D eigenvalue weighted by atomic mass is 16.6. The van der Waals surface area contributed by atoms with E-state index in [0.29, 0.717) is 19.1 Å². The Hall–Kier alpha value is -0.900. The summed E-state index contributed by atoms with van der Waals surface area (Å²) >= 11 is 0. The summed E-state index contributed by atoms with van der Waals surface area (Å²) < 4.78 is 18.0. The Labute approximate surface area is 134 Å². The summed E-state index contributed by atoms with van der Waals surface area (Å²) in [5.41, 5.74) is 2.35. The normalized spacial score (nSPS) is 33.8. The minimum absolute atomic E-state index is 0.0332. The van der Waals surface area contributed by atoms with E-state index in [-0.39, 0.29) is 17.3 Å². The average molecular weight is 304 g/mol. The molecular formula is C19H28O3. The van der Waals surface area contributed by atoms with Gasteiger partial charge in [0.05, 0.1) is 30.5 Å². The zero-order chi connectivity index (χ0) is 15.8. The largest absolute Gasteiger partial charge is 0.380 e. The second-order valence-corrected chi connectivity index (χ2v) is 7.34. The van der Waals surface area contributed by atoms with E-state index in [9.17, 15) is 0 Å². The molecule has 22 heavy (non-hydrogen) atoms. The molecule has 1 aromatic rings. The second kappa shape index (κ2) is 5.95. The molecule has 2 fully saturated rings. The van der Waals surface area contributed by atoms with Gasteiger partial charge in [0, 0.05) is 13.5 Å². The minimum atomic E-state index is -0.111. The summed E-state index contributed by atoms with van der Waals surface area (Å²) in [4.78, 5) is 0. The van der Waals surface area contributed by atoms with Gasteiger partial charge in [-0.2, -0.15) is 0 Å². The van der Waals surface area contributed by atoms with Crippen LogP contribution < -0.4 is 0 Å². The molecule has 0 radical (unpaired) electrons. The van der Waals surface area contributed by atoms with Crippen molar-refractivity contribution >= 4 is 0 Å². The van der Waals surface area contributed by atoms with Crippen LogP contribution in [0.4, 0.5) is 0 Å². The fourth-order valence-corrected chi connectivity index (χ4v) is 3.99. The Balaban J connectivity index is 1.68. The van der Waals surface area contributed by atoms with Crippen LogP contribution in [-0.2, 0) is 27.4 Å². The van der Waals surface area contributed by atoms with Gasteiger partial charge in [0.15, 0.2) is 0 Å². The van der Waals surface area contributed by atoms with E-state index in [0.717, 1.165) is 12.8 Å². The predicted molar refractivity (Wildman–Crippen MR) is 86.6 cm³/mol. The Morgan fingerprint density at radius 1 is 1.18 bits per heavy atom. The standard InChI is InChI=1S/C19H28O3/c1-14(2)19-10-9-18(3,22-19)17(11-19)21-13-16-8-6-5-7-15(16)12-20-4/h5-8,14,17H,9-13H2,1-4H3/t17-,18+,19-/m0/s1. The van der Waals surface area contributed by atoms with Crippen molar-refractivity contribution in [3.05, 3.63) is 35.4 Å². The first-order valence-corrected chi connectivity index (χ1v) is 8.36. The molecule has 1 aromatic carbocycles. The first-order chi connectivity index (χ1) is 10.5. The van der Waals surface area contributed by atoms with E-state index >= 15 is 0 Å². The van der Waals surface area contributed by atoms with Gasteiger partial charge >= 0.3 is 0 Å². The van der Waals surface area contributed by atoms with Gasteiger partial charge in [-0.15, -0.1) is 0 Å². The highest BCUT2D eigenvalue weighted by molar-refractivity contribution is 5.26. The molecule has 0 unspecified atom stereocenters. The molecule has 2 saturated heterocycles. The van der Waals surface area contributed by atoms with E-state index in [1.165, 1.54) is 17.5 Å². The van der Waals surface area contributed by atoms with Crippen molar-refractivity contribution in [2.24, 2.45) is 5.92 Å². The number of methoxy groups -OCH3 is 1. The Morgan fingerprint density at radius 3 is 2.45 bits per heavy atom. The zero-order valence-electron chi connectivity index (χ0n) is 14.2. The summed E-state index contributed by atoms with van der Waals surface area (Å²) in [7, 11) is 1.73. The molecule has 2 bridgehead atoms. The lowest BCUT2D eigenvalue weighted by Gasteiger charge is -2.31. The summed E-state index contributed by atoms with van der Waals surface area (Å²) in [5, 5.41) is 0. The third-order valence-corrected chi connectivity index (χ3v) is 5.60. The lowest BCUT2D eigenvalue weighted by molar-refractivity contribution is -0.0961. The van der Waals surface area contributed by atoms with Gasteiger partial charge in [-0.05, 0) is 36.8 Å². The number of rotatable bonds is 6. The predicted octanol–water partition coefficient (Wildman–Crippen LogP) is 4.09. The van der Waals surface area contributed by atoms with Crippen molar-refractivity contribution in [3.63, 3.8) is 0 Å². The monoisotopic (exact) mass is 304 g/mol. The van der Waals surface area contributed by atoms with Crippen molar-refractivity contribution in [2.45, 2.75) is 70.6 Å². The molecular weight excluding hydrogens is 276 g/mol. The number of ether oxygens (including phenoxy) is 3. The molecule has 2 heterocycles. The number of fused-ring (bicyclic) bond motifs is 2. The number of hydrogen-bond acceptors (Lipinski definition) is 3. The summed E-state index contributed by atoms with van der Waals surface area (Å²) in [6, 6.07) is 8.35. The lowest BCUT2D eigenvalue weighted by Crippen LogP contribution is -2.38. The molecule has 3 rings (SSSR count). The van der Waals surface area contributed by atoms with E-state index < -0.39 is 0 Å². The van der Waals surface area contributed by atoms with Gasteiger partial charge in [0.25, 0.3) is 0 Å². The number of hydrogen-bond donors (Lipinski definition) is 0. The van der Waals surface area contributed by atoms with Crippen molar-refractivity contribution in [1.82, 2.24) is 0 Å². The van der Waals surface area contributed by atoms with E-state index in [2.05, 4.69) is 39.0 Å². The van der Waals surface area contributed by atoms with E-state index in [4.69, 9.17) is 14.2 Å². The fraction of sp³-hybridized carbons (Fsp3) is 0.684. The molecule has 0 aliphatic carbocycles. The van der Waals surface area contributed by atoms with E-state index in [1.54, 1.807) is 7.11 Å². The molecule has 0 N–H and O–H groups in total. The van der Waals surface area contributed by atoms with Crippen LogP contribution in [-0.4, -0.2) is 24.4 Å². The third kappa shape index (κ3) is 2.70. The van der Waals surface area contributed by atoms with Gasteiger partial charge in [0.2, 0.25) is 0 Å². The first kappa shape index (κ1) is 16.0. The highest BCUT2D eigenvalue weighted by Crippen LogP contribution is 2.55. The zero-order valence-corrected chi connectivity index (χ0v) is 14.2. The summed E-state index contributed by atoms with van der Waals surface area (Å²) in [6.45, 7) is 8.02. The quantitative estimate of drug-likeness (QED) is 0.792. The molecule has 3 nitrogen and oxygen atoms in total. The van der Waals surface area contributed by atoms with Crippen LogP contribution in [0.15, 0.2) is 24.3 Å². The van der Waals surface area contributed by atoms with Crippen LogP contribution in [0.25, 0.3) is 0 Å². The molecule has 122 valence electrons. The lowest BCUT2D eigenvalue weighted by atomic mass is 9.75. The number of benzene rings is 1. The van der Waals surface area contributed by atoms with Gasteiger partial charge < -0.3 is 14.2 Å². The first-order valence-electron chi connectivity index (χ1n) is 8.36. The maximum absolute atomic E-state index is 6.44. The second-order valence-electron chi connectivity index (χ2n) is 7.34. The van der Waals surface area contributed by atoms with Crippen LogP contribution in [0, 0.1) is 5.92 Å². The van der Waals surface area contributed by atoms with Crippen LogP contribution in [0.5, 0.6) is 0 Å². The molecule has 2 aliphatic rings. The van der Waals surface area contributed by atoms with Crippen LogP contribution in [0.2, 0.25) is 0 Å². The molecule has 3 atom stereocenters. The smallest absolute Gasteiger partial charge is 0.0924 e. The average Bonchev–Trinajstić information content (AvgIpc) is 2.99. The van der Waals surface area contributed by atoms with Crippen molar-refractivity contribution < 1.29 is 14.2 Å². The fourth-order valence-electron chi connectivity index (χ4n) is 3.99. The SMILES string of the molecule is COCc1ccccc1CO[C@H]1C[C@]2(C(C)C)CC[C@@]1(C)O2. The van der Waals surface area contributed by atoms with E-state index in [1.807, 2.05) is 6.07 Å². The van der Waals surface area contributed by atoms with Crippen molar-refractivity contribution in [2.75, 3.05) is 7.11 Å². The van der Waals surface area contributed by atoms with Gasteiger partial charge in [-0.25, -0.2) is 0 Å². The molecule has 2 aliphatic heterocycles. The van der Waals surface area contributed by atoms with Crippen LogP contribution in [0.1, 0.15) is 51.2 Å². The Kier molecular flexibility index (Phi) is 4.32. The van der Waals surface area contributed by atoms with Gasteiger partial charge in [0.1, 0.15) is 0 Å². The summed E-state index contributed by atoms with van der Waals surface area (Å²) in [6.07, 6.45) is 3.49. The molecule has 0 spiro atoms. The Morgan fingerprint density at radius 2 is 1.86 bits per heavy atom. The van der Waals surface area contributed by atoms with Crippen molar-refractivity contribution in [1.29, 1.82) is 0 Å². The van der Waals surface area contributed by atoms with Gasteiger partial charge in [-0.1, -0.05) is 38.1 Å². The highest BCUT2D eigenvalue weighted by Gasteiger charge is 2.60. The van der Waals surface area contributed by atoms with Crippen LogP contribution in [0.3, 0.4) is 0 Å². The summed E-state index contributed by atoms with van der Waals surface area (Å²) in [5.74, 6) is 0.545. The maximum Gasteiger partial charge on any atom is 0.0924 e.